The highest BCUT2D eigenvalue weighted by atomic mass is 16.1. The Bertz CT molecular complexity index is 704. The number of hydrogen-bond acceptors (Lipinski definition) is 3. The number of H-pyrrole nitrogens is 1. The van der Waals surface area contributed by atoms with Gasteiger partial charge < -0.3 is 5.32 Å². The van der Waals surface area contributed by atoms with E-state index in [1.54, 1.807) is 6.07 Å². The number of rotatable bonds is 1. The minimum Gasteiger partial charge on any atom is -0.326 e. The Morgan fingerprint density at radius 1 is 1.33 bits per heavy atom. The van der Waals surface area contributed by atoms with Gasteiger partial charge in [0.1, 0.15) is 0 Å². The van der Waals surface area contributed by atoms with Crippen LogP contribution in [0.3, 0.4) is 0 Å². The van der Waals surface area contributed by atoms with E-state index in [-0.39, 0.29) is 11.5 Å². The van der Waals surface area contributed by atoms with Gasteiger partial charge in [-0.15, -0.1) is 0 Å². The van der Waals surface area contributed by atoms with Crippen LogP contribution in [0.5, 0.6) is 0 Å². The van der Waals surface area contributed by atoms with Crippen LogP contribution in [0.25, 0.3) is 11.3 Å². The van der Waals surface area contributed by atoms with Crippen molar-refractivity contribution in [2.75, 3.05) is 5.32 Å². The van der Waals surface area contributed by atoms with E-state index in [1.807, 2.05) is 18.2 Å². The lowest BCUT2D eigenvalue weighted by Crippen LogP contribution is -2.07. The molecule has 0 spiro atoms. The van der Waals surface area contributed by atoms with Crippen molar-refractivity contribution in [3.8, 4) is 11.3 Å². The lowest BCUT2D eigenvalue weighted by atomic mass is 10.1. The number of nitrogens with zero attached hydrogens (tertiary/aromatic N) is 1. The zero-order valence-electron chi connectivity index (χ0n) is 9.78. The van der Waals surface area contributed by atoms with Gasteiger partial charge in [0.2, 0.25) is 5.91 Å². The van der Waals surface area contributed by atoms with Gasteiger partial charge in [-0.3, -0.25) is 9.59 Å². The molecule has 0 atom stereocenters. The summed E-state index contributed by atoms with van der Waals surface area (Å²) < 4.78 is 0. The summed E-state index contributed by atoms with van der Waals surface area (Å²) >= 11 is 0. The molecule has 1 aliphatic carbocycles. The molecule has 1 aromatic carbocycles. The lowest BCUT2D eigenvalue weighted by molar-refractivity contribution is -0.114. The summed E-state index contributed by atoms with van der Waals surface area (Å²) in [5, 5.41) is 9.25. The molecule has 2 aromatic rings. The van der Waals surface area contributed by atoms with Crippen LogP contribution in [0.1, 0.15) is 18.1 Å². The zero-order valence-corrected chi connectivity index (χ0v) is 9.78. The van der Waals surface area contributed by atoms with Gasteiger partial charge in [0, 0.05) is 30.7 Å². The average molecular weight is 241 g/mol. The largest absolute Gasteiger partial charge is 0.326 e. The van der Waals surface area contributed by atoms with E-state index in [0.29, 0.717) is 6.42 Å². The third-order valence-corrected chi connectivity index (χ3v) is 2.95. The first kappa shape index (κ1) is 10.7. The number of carbonyl (C=O) groups excluding carboxylic acids is 1. The Kier molecular flexibility index (Phi) is 2.26. The fourth-order valence-electron chi connectivity index (χ4n) is 2.27. The number of anilines is 1. The molecule has 5 nitrogen and oxygen atoms in total. The molecule has 1 aliphatic rings. The standard InChI is InChI=1S/C13H11N3O2/c1-7(17)14-10-2-3-11-8(5-10)4-9-6-12(18)15-16-13(9)11/h2-3,5-6H,4H2,1H3,(H,14,17)(H,15,18). The number of aromatic nitrogens is 2. The van der Waals surface area contributed by atoms with Gasteiger partial charge in [-0.05, 0) is 23.3 Å². The maximum absolute atomic E-state index is 11.2. The van der Waals surface area contributed by atoms with Crippen LogP contribution >= 0.6 is 0 Å². The predicted octanol–water partition coefficient (Wildman–Crippen LogP) is 1.30. The minimum absolute atomic E-state index is 0.0984. The van der Waals surface area contributed by atoms with Crippen molar-refractivity contribution in [1.82, 2.24) is 10.2 Å². The van der Waals surface area contributed by atoms with E-state index in [4.69, 9.17) is 0 Å². The molecule has 0 bridgehead atoms. The highest BCUT2D eigenvalue weighted by Gasteiger charge is 2.20. The van der Waals surface area contributed by atoms with Crippen LogP contribution in [0.15, 0.2) is 29.1 Å². The van der Waals surface area contributed by atoms with E-state index >= 15 is 0 Å². The molecule has 0 fully saturated rings. The monoisotopic (exact) mass is 241 g/mol. The van der Waals surface area contributed by atoms with Crippen molar-refractivity contribution in [3.05, 3.63) is 45.7 Å². The first-order valence-corrected chi connectivity index (χ1v) is 5.63. The fourth-order valence-corrected chi connectivity index (χ4v) is 2.27. The molecule has 18 heavy (non-hydrogen) atoms. The smallest absolute Gasteiger partial charge is 0.264 e. The maximum Gasteiger partial charge on any atom is 0.264 e. The number of fused-ring (bicyclic) bond motifs is 3. The summed E-state index contributed by atoms with van der Waals surface area (Å²) in [6.45, 7) is 1.47. The van der Waals surface area contributed by atoms with Gasteiger partial charge in [0.25, 0.3) is 5.56 Å². The van der Waals surface area contributed by atoms with Gasteiger partial charge >= 0.3 is 0 Å². The molecular weight excluding hydrogens is 230 g/mol. The Balaban J connectivity index is 2.06. The van der Waals surface area contributed by atoms with Crippen molar-refractivity contribution >= 4 is 11.6 Å². The number of benzene rings is 1. The first-order chi connectivity index (χ1) is 8.63. The molecule has 5 heteroatoms. The van der Waals surface area contributed by atoms with Gasteiger partial charge in [-0.25, -0.2) is 5.10 Å². The number of amides is 1. The number of nitrogens with one attached hydrogen (secondary N) is 2. The molecule has 0 radical (unpaired) electrons. The van der Waals surface area contributed by atoms with Crippen molar-refractivity contribution in [3.63, 3.8) is 0 Å². The Hall–Kier alpha value is -2.43. The van der Waals surface area contributed by atoms with Gasteiger partial charge in [-0.1, -0.05) is 6.07 Å². The molecule has 3 rings (SSSR count). The Labute approximate surface area is 103 Å². The SMILES string of the molecule is CC(=O)Nc1ccc2c(c1)Cc1cc(=O)[nH]nc1-2. The molecule has 0 aliphatic heterocycles. The van der Waals surface area contributed by atoms with Crippen LogP contribution in [0.2, 0.25) is 0 Å². The van der Waals surface area contributed by atoms with Gasteiger partial charge in [0.15, 0.2) is 0 Å². The molecule has 0 saturated carbocycles. The molecule has 1 aromatic heterocycles. The highest BCUT2D eigenvalue weighted by molar-refractivity contribution is 5.89. The van der Waals surface area contributed by atoms with Crippen molar-refractivity contribution < 1.29 is 4.79 Å². The van der Waals surface area contributed by atoms with Crippen molar-refractivity contribution in [2.24, 2.45) is 0 Å². The zero-order chi connectivity index (χ0) is 12.7. The molecule has 1 heterocycles. The summed E-state index contributed by atoms with van der Waals surface area (Å²) in [7, 11) is 0. The van der Waals surface area contributed by atoms with Crippen LogP contribution in [-0.4, -0.2) is 16.1 Å². The highest BCUT2D eigenvalue weighted by Crippen LogP contribution is 2.35. The second-order valence-corrected chi connectivity index (χ2v) is 4.34. The second-order valence-electron chi connectivity index (χ2n) is 4.34. The van der Waals surface area contributed by atoms with E-state index in [1.165, 1.54) is 6.92 Å². The molecule has 0 unspecified atom stereocenters. The van der Waals surface area contributed by atoms with Crippen LogP contribution in [0.4, 0.5) is 5.69 Å². The van der Waals surface area contributed by atoms with Crippen LogP contribution < -0.4 is 10.9 Å². The van der Waals surface area contributed by atoms with E-state index in [2.05, 4.69) is 15.5 Å². The van der Waals surface area contributed by atoms with Gasteiger partial charge in [-0.2, -0.15) is 5.10 Å². The Morgan fingerprint density at radius 3 is 2.94 bits per heavy atom. The van der Waals surface area contributed by atoms with Crippen LogP contribution in [-0.2, 0) is 11.2 Å². The molecule has 2 N–H and O–H groups in total. The maximum atomic E-state index is 11.2. The van der Waals surface area contributed by atoms with Gasteiger partial charge in [0.05, 0.1) is 5.69 Å². The van der Waals surface area contributed by atoms with Crippen molar-refractivity contribution in [2.45, 2.75) is 13.3 Å². The van der Waals surface area contributed by atoms with E-state index in [9.17, 15) is 9.59 Å². The van der Waals surface area contributed by atoms with E-state index in [0.717, 1.165) is 28.1 Å². The quantitative estimate of drug-likeness (QED) is 0.674. The first-order valence-electron chi connectivity index (χ1n) is 5.63. The third-order valence-electron chi connectivity index (χ3n) is 2.95. The Morgan fingerprint density at radius 2 is 2.17 bits per heavy atom. The summed E-state index contributed by atoms with van der Waals surface area (Å²) in [5.74, 6) is -0.0984. The third kappa shape index (κ3) is 1.69. The van der Waals surface area contributed by atoms with Crippen molar-refractivity contribution in [1.29, 1.82) is 0 Å². The summed E-state index contributed by atoms with van der Waals surface area (Å²) in [5.41, 5.74) is 4.40. The normalized spacial score (nSPS) is 11.8. The molecular formula is C13H11N3O2. The average Bonchev–Trinajstić information content (AvgIpc) is 2.64. The number of aromatic amines is 1. The minimum atomic E-state index is -0.191. The number of carbonyl (C=O) groups is 1. The number of hydrogen-bond donors (Lipinski definition) is 2. The second kappa shape index (κ2) is 3.80. The summed E-state index contributed by atoms with van der Waals surface area (Å²) in [6, 6.07) is 7.24. The lowest BCUT2D eigenvalue weighted by Gasteiger charge is -2.04. The fraction of sp³-hybridized carbons (Fsp3) is 0.154. The molecule has 1 amide bonds. The summed E-state index contributed by atoms with van der Waals surface area (Å²) in [6.07, 6.45) is 0.676. The molecule has 90 valence electrons. The van der Waals surface area contributed by atoms with E-state index < -0.39 is 0 Å². The predicted molar refractivity (Wildman–Crippen MR) is 67.4 cm³/mol. The van der Waals surface area contributed by atoms with Crippen LogP contribution in [0, 0.1) is 0 Å². The summed E-state index contributed by atoms with van der Waals surface area (Å²) in [4.78, 5) is 22.2. The molecule has 0 saturated heterocycles. The topological polar surface area (TPSA) is 74.8 Å².